The molecule has 1 aromatic heterocycles. The molecule has 0 radical (unpaired) electrons. The summed E-state index contributed by atoms with van der Waals surface area (Å²) in [6, 6.07) is -0.287. The van der Waals surface area contributed by atoms with E-state index in [1.54, 1.807) is 18.7 Å². The van der Waals surface area contributed by atoms with Gasteiger partial charge in [0.2, 0.25) is 0 Å². The third-order valence-electron chi connectivity index (χ3n) is 2.95. The summed E-state index contributed by atoms with van der Waals surface area (Å²) in [4.78, 5) is 14.0. The second kappa shape index (κ2) is 4.85. The Morgan fingerprint density at radius 3 is 2.94 bits per heavy atom. The molecule has 17 heavy (non-hydrogen) atoms. The molecule has 0 bridgehead atoms. The van der Waals surface area contributed by atoms with Crippen LogP contribution in [-0.4, -0.2) is 53.5 Å². The Kier molecular flexibility index (Phi) is 3.44. The zero-order chi connectivity index (χ0) is 12.4. The van der Waals surface area contributed by atoms with Gasteiger partial charge in [-0.2, -0.15) is 0 Å². The molecule has 1 fully saturated rings. The number of aliphatic hydroxyl groups is 1. The molecule has 94 valence electrons. The molecule has 6 heteroatoms. The van der Waals surface area contributed by atoms with E-state index in [0.29, 0.717) is 36.8 Å². The summed E-state index contributed by atoms with van der Waals surface area (Å²) in [5, 5.41) is 13.0. The number of rotatable bonds is 2. The fourth-order valence-electron chi connectivity index (χ4n) is 2.01. The van der Waals surface area contributed by atoms with Gasteiger partial charge in [-0.1, -0.05) is 5.16 Å². The van der Waals surface area contributed by atoms with Crippen LogP contribution in [0.5, 0.6) is 0 Å². The third-order valence-corrected chi connectivity index (χ3v) is 2.95. The number of aliphatic hydroxyl groups excluding tert-OH is 1. The lowest BCUT2D eigenvalue weighted by molar-refractivity contribution is -0.0185. The lowest BCUT2D eigenvalue weighted by atomic mass is 10.1. The predicted octanol–water partition coefficient (Wildman–Crippen LogP) is 0.125. The van der Waals surface area contributed by atoms with Crippen molar-refractivity contribution in [2.45, 2.75) is 19.9 Å². The van der Waals surface area contributed by atoms with E-state index in [2.05, 4.69) is 5.16 Å². The summed E-state index contributed by atoms with van der Waals surface area (Å²) in [6.45, 7) is 4.68. The van der Waals surface area contributed by atoms with Gasteiger partial charge in [0.05, 0.1) is 31.6 Å². The average molecular weight is 240 g/mol. The highest BCUT2D eigenvalue weighted by molar-refractivity contribution is 5.96. The highest BCUT2D eigenvalue weighted by Gasteiger charge is 2.30. The maximum Gasteiger partial charge on any atom is 0.259 e. The summed E-state index contributed by atoms with van der Waals surface area (Å²) >= 11 is 0. The minimum atomic E-state index is -0.287. The standard InChI is InChI=1S/C11H16N2O4/c1-7-10(8(2)17-12-7)11(15)13-3-4-16-6-9(13)5-14/h9,14H,3-6H2,1-2H3. The van der Waals surface area contributed by atoms with Crippen molar-refractivity contribution in [3.8, 4) is 0 Å². The number of nitrogens with zero attached hydrogens (tertiary/aromatic N) is 2. The van der Waals surface area contributed by atoms with Crippen molar-refractivity contribution >= 4 is 5.91 Å². The normalized spacial score (nSPS) is 20.6. The van der Waals surface area contributed by atoms with E-state index in [0.717, 1.165) is 0 Å². The van der Waals surface area contributed by atoms with E-state index in [4.69, 9.17) is 9.26 Å². The molecule has 1 unspecified atom stereocenters. The summed E-state index contributed by atoms with van der Waals surface area (Å²) in [5.74, 6) is 0.360. The second-order valence-corrected chi connectivity index (χ2v) is 4.11. The van der Waals surface area contributed by atoms with Crippen LogP contribution in [0.1, 0.15) is 21.8 Å². The van der Waals surface area contributed by atoms with Crippen molar-refractivity contribution in [1.82, 2.24) is 10.1 Å². The van der Waals surface area contributed by atoms with Crippen LogP contribution in [0.4, 0.5) is 0 Å². The first-order valence-corrected chi connectivity index (χ1v) is 5.57. The van der Waals surface area contributed by atoms with Gasteiger partial charge in [-0.15, -0.1) is 0 Å². The van der Waals surface area contributed by atoms with Gasteiger partial charge in [-0.05, 0) is 13.8 Å². The third kappa shape index (κ3) is 2.18. The first-order chi connectivity index (χ1) is 8.15. The molecule has 1 aliphatic heterocycles. The number of ether oxygens (including phenoxy) is 1. The number of morpholine rings is 1. The average Bonchev–Trinajstić information content (AvgIpc) is 2.68. The van der Waals surface area contributed by atoms with E-state index in [-0.39, 0.29) is 18.6 Å². The molecule has 0 spiro atoms. The van der Waals surface area contributed by atoms with Gasteiger partial charge in [0, 0.05) is 6.54 Å². The van der Waals surface area contributed by atoms with Crippen molar-refractivity contribution < 1.29 is 19.2 Å². The first kappa shape index (κ1) is 12.1. The Balaban J connectivity index is 2.24. The molecular formula is C11H16N2O4. The molecule has 1 N–H and O–H groups in total. The van der Waals surface area contributed by atoms with Crippen LogP contribution < -0.4 is 0 Å². The number of carbonyl (C=O) groups is 1. The van der Waals surface area contributed by atoms with Crippen molar-refractivity contribution in [3.05, 3.63) is 17.0 Å². The van der Waals surface area contributed by atoms with Gasteiger partial charge in [-0.3, -0.25) is 4.79 Å². The van der Waals surface area contributed by atoms with Gasteiger partial charge in [0.1, 0.15) is 11.3 Å². The smallest absolute Gasteiger partial charge is 0.259 e. The minimum Gasteiger partial charge on any atom is -0.394 e. The van der Waals surface area contributed by atoms with E-state index in [1.807, 2.05) is 0 Å². The Morgan fingerprint density at radius 1 is 1.59 bits per heavy atom. The van der Waals surface area contributed by atoms with Gasteiger partial charge in [0.25, 0.3) is 5.91 Å². The zero-order valence-corrected chi connectivity index (χ0v) is 9.97. The van der Waals surface area contributed by atoms with Crippen LogP contribution in [0, 0.1) is 13.8 Å². The lowest BCUT2D eigenvalue weighted by Gasteiger charge is -2.34. The van der Waals surface area contributed by atoms with E-state index >= 15 is 0 Å². The van der Waals surface area contributed by atoms with Gasteiger partial charge in [-0.25, -0.2) is 0 Å². The van der Waals surface area contributed by atoms with Crippen LogP contribution in [-0.2, 0) is 4.74 Å². The molecule has 1 amide bonds. The van der Waals surface area contributed by atoms with E-state index in [9.17, 15) is 9.90 Å². The number of aromatic nitrogens is 1. The van der Waals surface area contributed by atoms with Crippen molar-refractivity contribution in [2.24, 2.45) is 0 Å². The van der Waals surface area contributed by atoms with Crippen molar-refractivity contribution in [1.29, 1.82) is 0 Å². The number of aryl methyl sites for hydroxylation is 2. The fourth-order valence-corrected chi connectivity index (χ4v) is 2.01. The molecule has 1 atom stereocenters. The topological polar surface area (TPSA) is 75.8 Å². The summed E-state index contributed by atoms with van der Waals surface area (Å²) in [5.41, 5.74) is 1.07. The largest absolute Gasteiger partial charge is 0.394 e. The second-order valence-electron chi connectivity index (χ2n) is 4.11. The molecule has 0 saturated carbocycles. The first-order valence-electron chi connectivity index (χ1n) is 5.57. The summed E-state index contributed by atoms with van der Waals surface area (Å²) in [7, 11) is 0. The van der Waals surface area contributed by atoms with Crippen LogP contribution in [0.2, 0.25) is 0 Å². The Morgan fingerprint density at radius 2 is 2.35 bits per heavy atom. The molecule has 2 rings (SSSR count). The molecule has 0 aromatic carbocycles. The van der Waals surface area contributed by atoms with Gasteiger partial charge in [0.15, 0.2) is 0 Å². The van der Waals surface area contributed by atoms with Crippen LogP contribution in [0.15, 0.2) is 4.52 Å². The van der Waals surface area contributed by atoms with Gasteiger partial charge >= 0.3 is 0 Å². The highest BCUT2D eigenvalue weighted by atomic mass is 16.5. The maximum absolute atomic E-state index is 12.3. The summed E-state index contributed by atoms with van der Waals surface area (Å²) in [6.07, 6.45) is 0. The van der Waals surface area contributed by atoms with Crippen LogP contribution in [0.25, 0.3) is 0 Å². The SMILES string of the molecule is Cc1noc(C)c1C(=O)N1CCOCC1CO. The monoisotopic (exact) mass is 240 g/mol. The maximum atomic E-state index is 12.3. The molecule has 1 aliphatic rings. The Bertz CT molecular complexity index is 396. The Labute approximate surface area is 99.1 Å². The van der Waals surface area contributed by atoms with Crippen LogP contribution in [0.3, 0.4) is 0 Å². The molecule has 0 aliphatic carbocycles. The lowest BCUT2D eigenvalue weighted by Crippen LogP contribution is -2.50. The van der Waals surface area contributed by atoms with E-state index in [1.165, 1.54) is 0 Å². The number of carbonyl (C=O) groups excluding carboxylic acids is 1. The summed E-state index contributed by atoms with van der Waals surface area (Å²) < 4.78 is 10.2. The zero-order valence-electron chi connectivity index (χ0n) is 9.97. The molecular weight excluding hydrogens is 224 g/mol. The number of hydrogen-bond acceptors (Lipinski definition) is 5. The minimum absolute atomic E-state index is 0.102. The number of hydrogen-bond donors (Lipinski definition) is 1. The number of amides is 1. The predicted molar refractivity (Wildman–Crippen MR) is 58.7 cm³/mol. The molecule has 6 nitrogen and oxygen atoms in total. The van der Waals surface area contributed by atoms with Crippen molar-refractivity contribution in [3.63, 3.8) is 0 Å². The Hall–Kier alpha value is -1.40. The van der Waals surface area contributed by atoms with Crippen molar-refractivity contribution in [2.75, 3.05) is 26.4 Å². The fraction of sp³-hybridized carbons (Fsp3) is 0.636. The highest BCUT2D eigenvalue weighted by Crippen LogP contribution is 2.18. The molecule has 1 aromatic rings. The van der Waals surface area contributed by atoms with Gasteiger partial charge < -0.3 is 19.3 Å². The molecule has 2 heterocycles. The van der Waals surface area contributed by atoms with E-state index < -0.39 is 0 Å². The quantitative estimate of drug-likeness (QED) is 0.795. The molecule has 1 saturated heterocycles. The van der Waals surface area contributed by atoms with Crippen LogP contribution >= 0.6 is 0 Å².